The highest BCUT2D eigenvalue weighted by Gasteiger charge is 2.11. The molecule has 1 aromatic heterocycles. The third-order valence-electron chi connectivity index (χ3n) is 4.80. The van der Waals surface area contributed by atoms with Gasteiger partial charge in [-0.2, -0.15) is 0 Å². The Balaban J connectivity index is 1.59. The van der Waals surface area contributed by atoms with Crippen LogP contribution < -0.4 is 15.0 Å². The largest absolute Gasteiger partial charge is 0.497 e. The Bertz CT molecular complexity index is 911. The number of carbonyl (C=O) groups excluding carboxylic acids is 1. The molecule has 2 aromatic carbocycles. The molecular weight excluding hydrogens is 362 g/mol. The number of nitrogens with one attached hydrogen (secondary N) is 1. The fourth-order valence-corrected chi connectivity index (χ4v) is 3.13. The highest BCUT2D eigenvalue weighted by molar-refractivity contribution is 5.93. The normalized spacial score (nSPS) is 10.4. The predicted molar refractivity (Wildman–Crippen MR) is 116 cm³/mol. The first-order valence-corrected chi connectivity index (χ1v) is 9.85. The van der Waals surface area contributed by atoms with Crippen molar-refractivity contribution in [2.45, 2.75) is 19.9 Å². The molecule has 150 valence electrons. The molecule has 0 unspecified atom stereocenters. The van der Waals surface area contributed by atoms with E-state index in [1.54, 1.807) is 13.3 Å². The summed E-state index contributed by atoms with van der Waals surface area (Å²) in [4.78, 5) is 19.0. The first kappa shape index (κ1) is 20.4. The molecule has 1 heterocycles. The maximum atomic E-state index is 12.5. The molecule has 0 spiro atoms. The number of carbonyl (C=O) groups is 1. The number of hydrogen-bond donors (Lipinski definition) is 1. The van der Waals surface area contributed by atoms with E-state index >= 15 is 0 Å². The van der Waals surface area contributed by atoms with Crippen LogP contribution in [0, 0.1) is 0 Å². The Kier molecular flexibility index (Phi) is 7.22. The molecule has 0 fully saturated rings. The summed E-state index contributed by atoms with van der Waals surface area (Å²) in [6.07, 6.45) is 2.45. The summed E-state index contributed by atoms with van der Waals surface area (Å²) in [6, 6.07) is 22.0. The van der Waals surface area contributed by atoms with Crippen molar-refractivity contribution in [3.8, 4) is 5.75 Å². The number of benzene rings is 2. The average molecular weight is 389 g/mol. The van der Waals surface area contributed by atoms with E-state index in [2.05, 4.69) is 34.3 Å². The van der Waals surface area contributed by atoms with Crippen molar-refractivity contribution in [2.24, 2.45) is 0 Å². The fourth-order valence-electron chi connectivity index (χ4n) is 3.13. The van der Waals surface area contributed by atoms with Gasteiger partial charge in [-0.3, -0.25) is 9.78 Å². The van der Waals surface area contributed by atoms with E-state index in [1.165, 1.54) is 5.56 Å². The molecule has 0 radical (unpaired) electrons. The van der Waals surface area contributed by atoms with Crippen molar-refractivity contribution in [1.82, 2.24) is 10.3 Å². The number of ether oxygens (including phenoxy) is 1. The molecule has 0 bridgehead atoms. The Labute approximate surface area is 172 Å². The van der Waals surface area contributed by atoms with Gasteiger partial charge in [0, 0.05) is 31.5 Å². The van der Waals surface area contributed by atoms with Gasteiger partial charge in [0.05, 0.1) is 7.11 Å². The van der Waals surface area contributed by atoms with Crippen LogP contribution in [0.25, 0.3) is 0 Å². The molecule has 3 aromatic rings. The Morgan fingerprint density at radius 3 is 2.48 bits per heavy atom. The molecule has 0 aliphatic carbocycles. The molecule has 3 rings (SSSR count). The molecule has 5 heteroatoms. The van der Waals surface area contributed by atoms with E-state index in [-0.39, 0.29) is 5.91 Å². The zero-order valence-corrected chi connectivity index (χ0v) is 17.0. The Morgan fingerprint density at radius 2 is 1.79 bits per heavy atom. The second kappa shape index (κ2) is 10.3. The van der Waals surface area contributed by atoms with Gasteiger partial charge in [-0.05, 0) is 48.7 Å². The number of methoxy groups -OCH3 is 1. The number of hydrogen-bond acceptors (Lipinski definition) is 4. The van der Waals surface area contributed by atoms with Crippen LogP contribution in [0.15, 0.2) is 72.9 Å². The molecule has 0 saturated carbocycles. The summed E-state index contributed by atoms with van der Waals surface area (Å²) >= 11 is 0. The molecule has 0 saturated heterocycles. The van der Waals surface area contributed by atoms with E-state index in [0.717, 1.165) is 36.5 Å². The van der Waals surface area contributed by atoms with Gasteiger partial charge in [-0.1, -0.05) is 42.5 Å². The molecule has 1 N–H and O–H groups in total. The average Bonchev–Trinajstić information content (AvgIpc) is 2.78. The van der Waals surface area contributed by atoms with E-state index in [9.17, 15) is 4.79 Å². The third-order valence-corrected chi connectivity index (χ3v) is 4.80. The second-order valence-electron chi connectivity index (χ2n) is 6.75. The predicted octanol–water partition coefficient (Wildman–Crippen LogP) is 4.09. The highest BCUT2D eigenvalue weighted by Crippen LogP contribution is 2.18. The van der Waals surface area contributed by atoms with E-state index in [0.29, 0.717) is 12.2 Å². The van der Waals surface area contributed by atoms with E-state index in [4.69, 9.17) is 4.74 Å². The number of pyridine rings is 1. The van der Waals surface area contributed by atoms with Gasteiger partial charge in [0.15, 0.2) is 0 Å². The van der Waals surface area contributed by atoms with Crippen molar-refractivity contribution < 1.29 is 9.53 Å². The van der Waals surface area contributed by atoms with E-state index in [1.807, 2.05) is 54.6 Å². The Morgan fingerprint density at radius 1 is 1.03 bits per heavy atom. The topological polar surface area (TPSA) is 54.5 Å². The number of rotatable bonds is 9. The first-order chi connectivity index (χ1) is 14.2. The van der Waals surface area contributed by atoms with Crippen LogP contribution >= 0.6 is 0 Å². The molecule has 5 nitrogen and oxygen atoms in total. The highest BCUT2D eigenvalue weighted by atomic mass is 16.5. The zero-order chi connectivity index (χ0) is 20.5. The summed E-state index contributed by atoms with van der Waals surface area (Å²) in [6.45, 7) is 4.30. The molecule has 0 aliphatic heterocycles. The summed E-state index contributed by atoms with van der Waals surface area (Å²) < 4.78 is 5.16. The van der Waals surface area contributed by atoms with Crippen LogP contribution in [-0.4, -0.2) is 31.1 Å². The van der Waals surface area contributed by atoms with Gasteiger partial charge in [0.2, 0.25) is 0 Å². The van der Waals surface area contributed by atoms with Crippen LogP contribution in [0.2, 0.25) is 0 Å². The minimum absolute atomic E-state index is 0.156. The SMILES string of the molecule is CCN(Cc1ccccc1)c1ccnc(C(=O)NCCc2ccc(OC)cc2)c1. The molecule has 1 amide bonds. The smallest absolute Gasteiger partial charge is 0.269 e. The maximum Gasteiger partial charge on any atom is 0.269 e. The second-order valence-corrected chi connectivity index (χ2v) is 6.75. The van der Waals surface area contributed by atoms with Crippen LogP contribution in [0.5, 0.6) is 5.75 Å². The number of nitrogens with zero attached hydrogens (tertiary/aromatic N) is 2. The van der Waals surface area contributed by atoms with Crippen LogP contribution in [-0.2, 0) is 13.0 Å². The minimum Gasteiger partial charge on any atom is -0.497 e. The van der Waals surface area contributed by atoms with Crippen molar-refractivity contribution in [3.63, 3.8) is 0 Å². The van der Waals surface area contributed by atoms with Gasteiger partial charge in [0.25, 0.3) is 5.91 Å². The third kappa shape index (κ3) is 5.82. The van der Waals surface area contributed by atoms with Crippen molar-refractivity contribution in [2.75, 3.05) is 25.1 Å². The van der Waals surface area contributed by atoms with Gasteiger partial charge >= 0.3 is 0 Å². The molecular formula is C24H27N3O2. The standard InChI is InChI=1S/C24H27N3O2/c1-3-27(18-20-7-5-4-6-8-20)21-14-16-25-23(17-21)24(28)26-15-13-19-9-11-22(29-2)12-10-19/h4-12,14,16-17H,3,13,15,18H2,1-2H3,(H,26,28). The summed E-state index contributed by atoms with van der Waals surface area (Å²) in [5, 5.41) is 2.96. The summed E-state index contributed by atoms with van der Waals surface area (Å²) in [7, 11) is 1.65. The zero-order valence-electron chi connectivity index (χ0n) is 17.0. The van der Waals surface area contributed by atoms with Crippen LogP contribution in [0.4, 0.5) is 5.69 Å². The fraction of sp³-hybridized carbons (Fsp3) is 0.250. The van der Waals surface area contributed by atoms with Crippen molar-refractivity contribution in [3.05, 3.63) is 89.7 Å². The van der Waals surface area contributed by atoms with Gasteiger partial charge in [-0.15, -0.1) is 0 Å². The lowest BCUT2D eigenvalue weighted by Gasteiger charge is -2.23. The van der Waals surface area contributed by atoms with E-state index < -0.39 is 0 Å². The maximum absolute atomic E-state index is 12.5. The monoisotopic (exact) mass is 389 g/mol. The van der Waals surface area contributed by atoms with Gasteiger partial charge < -0.3 is 15.0 Å². The lowest BCUT2D eigenvalue weighted by Crippen LogP contribution is -2.27. The van der Waals surface area contributed by atoms with Crippen molar-refractivity contribution >= 4 is 11.6 Å². The lowest BCUT2D eigenvalue weighted by molar-refractivity contribution is 0.0949. The first-order valence-electron chi connectivity index (χ1n) is 9.85. The number of aromatic nitrogens is 1. The minimum atomic E-state index is -0.156. The summed E-state index contributed by atoms with van der Waals surface area (Å²) in [5.74, 6) is 0.672. The lowest BCUT2D eigenvalue weighted by atomic mass is 10.1. The summed E-state index contributed by atoms with van der Waals surface area (Å²) in [5.41, 5.74) is 3.81. The number of anilines is 1. The number of amides is 1. The van der Waals surface area contributed by atoms with Gasteiger partial charge in [0.1, 0.15) is 11.4 Å². The Hall–Kier alpha value is -3.34. The van der Waals surface area contributed by atoms with Crippen molar-refractivity contribution in [1.29, 1.82) is 0 Å². The van der Waals surface area contributed by atoms with Gasteiger partial charge in [-0.25, -0.2) is 0 Å². The molecule has 29 heavy (non-hydrogen) atoms. The molecule has 0 aliphatic rings. The quantitative estimate of drug-likeness (QED) is 0.599. The van der Waals surface area contributed by atoms with Crippen LogP contribution in [0.3, 0.4) is 0 Å². The molecule has 0 atom stereocenters. The van der Waals surface area contributed by atoms with Crippen LogP contribution in [0.1, 0.15) is 28.5 Å².